The molecule has 0 spiro atoms. The van der Waals surface area contributed by atoms with Gasteiger partial charge in [-0.3, -0.25) is 4.90 Å². The smallest absolute Gasteiger partial charge is 0.321 e. The number of nitrogens with one attached hydrogen (secondary N) is 1. The number of amides is 2. The summed E-state index contributed by atoms with van der Waals surface area (Å²) in [5, 5.41) is 2.92. The first-order chi connectivity index (χ1) is 12.6. The number of carbonyl (C=O) groups is 1. The summed E-state index contributed by atoms with van der Waals surface area (Å²) in [7, 11) is 3.16. The predicted octanol–water partition coefficient (Wildman–Crippen LogP) is 3.77. The molecule has 2 aromatic rings. The molecule has 0 aliphatic carbocycles. The summed E-state index contributed by atoms with van der Waals surface area (Å²) in [5.74, 6) is 1.22. The van der Waals surface area contributed by atoms with Gasteiger partial charge in [-0.25, -0.2) is 4.79 Å². The average molecular weight is 396 g/mol. The van der Waals surface area contributed by atoms with Crippen LogP contribution in [0.2, 0.25) is 4.34 Å². The SMILES string of the molecule is COc1ccc(NC(=O)N2CCN(Cc3ccc(Cl)s3)CC2)cc1OC. The Morgan fingerprint density at radius 3 is 2.46 bits per heavy atom. The third-order valence-corrected chi connectivity index (χ3v) is 5.52. The van der Waals surface area contributed by atoms with Crippen LogP contribution in [0, 0.1) is 0 Å². The van der Waals surface area contributed by atoms with Crippen molar-refractivity contribution in [2.24, 2.45) is 0 Å². The highest BCUT2D eigenvalue weighted by molar-refractivity contribution is 7.16. The van der Waals surface area contributed by atoms with Gasteiger partial charge in [-0.15, -0.1) is 11.3 Å². The van der Waals surface area contributed by atoms with E-state index in [0.29, 0.717) is 30.3 Å². The first-order valence-corrected chi connectivity index (χ1v) is 9.53. The summed E-state index contributed by atoms with van der Waals surface area (Å²) in [4.78, 5) is 17.9. The highest BCUT2D eigenvalue weighted by Gasteiger charge is 2.21. The number of piperazine rings is 1. The number of thiophene rings is 1. The molecule has 8 heteroatoms. The van der Waals surface area contributed by atoms with Crippen molar-refractivity contribution in [3.05, 3.63) is 39.5 Å². The molecule has 0 saturated carbocycles. The lowest BCUT2D eigenvalue weighted by Gasteiger charge is -2.34. The monoisotopic (exact) mass is 395 g/mol. The lowest BCUT2D eigenvalue weighted by Crippen LogP contribution is -2.49. The van der Waals surface area contributed by atoms with Gasteiger partial charge in [0.05, 0.1) is 18.6 Å². The normalized spacial score (nSPS) is 15.0. The number of rotatable bonds is 5. The number of halogens is 1. The van der Waals surface area contributed by atoms with E-state index in [1.165, 1.54) is 4.88 Å². The zero-order chi connectivity index (χ0) is 18.5. The van der Waals surface area contributed by atoms with Crippen LogP contribution in [-0.4, -0.2) is 56.2 Å². The minimum atomic E-state index is -0.101. The van der Waals surface area contributed by atoms with Crippen LogP contribution in [0.25, 0.3) is 0 Å². The van der Waals surface area contributed by atoms with E-state index >= 15 is 0 Å². The second-order valence-corrected chi connectivity index (χ2v) is 7.77. The summed E-state index contributed by atoms with van der Waals surface area (Å²) >= 11 is 7.59. The van der Waals surface area contributed by atoms with Gasteiger partial charge in [0.2, 0.25) is 0 Å². The number of methoxy groups -OCH3 is 2. The molecule has 1 fully saturated rings. The molecule has 1 N–H and O–H groups in total. The maximum atomic E-state index is 12.5. The molecule has 0 radical (unpaired) electrons. The van der Waals surface area contributed by atoms with Crippen molar-refractivity contribution in [1.29, 1.82) is 0 Å². The lowest BCUT2D eigenvalue weighted by atomic mass is 10.2. The first kappa shape index (κ1) is 18.8. The minimum Gasteiger partial charge on any atom is -0.493 e. The van der Waals surface area contributed by atoms with Gasteiger partial charge in [0.1, 0.15) is 0 Å². The van der Waals surface area contributed by atoms with E-state index < -0.39 is 0 Å². The lowest BCUT2D eigenvalue weighted by molar-refractivity contribution is 0.143. The molecule has 1 aliphatic rings. The van der Waals surface area contributed by atoms with E-state index in [4.69, 9.17) is 21.1 Å². The van der Waals surface area contributed by atoms with E-state index in [2.05, 4.69) is 16.3 Å². The molecule has 2 amide bonds. The van der Waals surface area contributed by atoms with Crippen LogP contribution in [0.15, 0.2) is 30.3 Å². The van der Waals surface area contributed by atoms with Crippen LogP contribution in [0.1, 0.15) is 4.88 Å². The summed E-state index contributed by atoms with van der Waals surface area (Å²) in [6.07, 6.45) is 0. The van der Waals surface area contributed by atoms with Crippen molar-refractivity contribution >= 4 is 34.7 Å². The van der Waals surface area contributed by atoms with Gasteiger partial charge in [-0.1, -0.05) is 11.6 Å². The summed E-state index contributed by atoms with van der Waals surface area (Å²) in [6.45, 7) is 3.95. The number of urea groups is 1. The van der Waals surface area contributed by atoms with Crippen LogP contribution in [0.4, 0.5) is 10.5 Å². The number of ether oxygens (including phenoxy) is 2. The van der Waals surface area contributed by atoms with Gasteiger partial charge in [0, 0.05) is 49.4 Å². The van der Waals surface area contributed by atoms with Gasteiger partial charge < -0.3 is 19.7 Å². The fourth-order valence-corrected chi connectivity index (χ4v) is 4.01. The third-order valence-electron chi connectivity index (χ3n) is 4.30. The fraction of sp³-hybridized carbons (Fsp3) is 0.389. The minimum absolute atomic E-state index is 0.101. The largest absolute Gasteiger partial charge is 0.493 e. The molecule has 1 aliphatic heterocycles. The summed E-state index contributed by atoms with van der Waals surface area (Å²) in [5.41, 5.74) is 0.684. The average Bonchev–Trinajstić information content (AvgIpc) is 3.06. The Morgan fingerprint density at radius 1 is 1.12 bits per heavy atom. The Kier molecular flexibility index (Phi) is 6.24. The Morgan fingerprint density at radius 2 is 1.85 bits per heavy atom. The molecular formula is C18H22ClN3O3S. The molecule has 3 rings (SSSR count). The predicted molar refractivity (Wildman–Crippen MR) is 105 cm³/mol. The highest BCUT2D eigenvalue weighted by atomic mass is 35.5. The van der Waals surface area contributed by atoms with Crippen LogP contribution in [-0.2, 0) is 6.54 Å². The van der Waals surface area contributed by atoms with Crippen molar-refractivity contribution in [1.82, 2.24) is 9.80 Å². The van der Waals surface area contributed by atoms with Gasteiger partial charge in [-0.2, -0.15) is 0 Å². The van der Waals surface area contributed by atoms with E-state index in [9.17, 15) is 4.79 Å². The number of anilines is 1. The van der Waals surface area contributed by atoms with E-state index in [0.717, 1.165) is 24.0 Å². The molecule has 1 saturated heterocycles. The van der Waals surface area contributed by atoms with Gasteiger partial charge >= 0.3 is 6.03 Å². The fourth-order valence-electron chi connectivity index (χ4n) is 2.88. The molecule has 6 nitrogen and oxygen atoms in total. The molecule has 26 heavy (non-hydrogen) atoms. The molecule has 1 aromatic heterocycles. The van der Waals surface area contributed by atoms with Gasteiger partial charge in [-0.05, 0) is 24.3 Å². The maximum Gasteiger partial charge on any atom is 0.321 e. The summed E-state index contributed by atoms with van der Waals surface area (Å²) < 4.78 is 11.3. The van der Waals surface area contributed by atoms with Gasteiger partial charge in [0.15, 0.2) is 11.5 Å². The topological polar surface area (TPSA) is 54.0 Å². The first-order valence-electron chi connectivity index (χ1n) is 8.33. The van der Waals surface area contributed by atoms with Crippen molar-refractivity contribution in [3.63, 3.8) is 0 Å². The van der Waals surface area contributed by atoms with Crippen molar-refractivity contribution < 1.29 is 14.3 Å². The molecule has 2 heterocycles. The molecule has 140 valence electrons. The Labute approximate surface area is 162 Å². The van der Waals surface area contributed by atoms with E-state index in [-0.39, 0.29) is 6.03 Å². The second kappa shape index (κ2) is 8.62. The standard InChI is InChI=1S/C18H22ClN3O3S/c1-24-15-5-3-13(11-16(15)25-2)20-18(23)22-9-7-21(8-10-22)12-14-4-6-17(19)26-14/h3-6,11H,7-10,12H2,1-2H3,(H,20,23). The van der Waals surface area contributed by atoms with Crippen LogP contribution >= 0.6 is 22.9 Å². The zero-order valence-electron chi connectivity index (χ0n) is 14.8. The van der Waals surface area contributed by atoms with Crippen molar-refractivity contribution in [2.45, 2.75) is 6.54 Å². The van der Waals surface area contributed by atoms with Gasteiger partial charge in [0.25, 0.3) is 0 Å². The van der Waals surface area contributed by atoms with E-state index in [1.54, 1.807) is 43.8 Å². The molecule has 1 aromatic carbocycles. The number of benzene rings is 1. The Hall–Kier alpha value is -1.96. The van der Waals surface area contributed by atoms with Crippen LogP contribution < -0.4 is 14.8 Å². The molecular weight excluding hydrogens is 374 g/mol. The number of hydrogen-bond donors (Lipinski definition) is 1. The number of hydrogen-bond acceptors (Lipinski definition) is 5. The Bertz CT molecular complexity index is 760. The number of nitrogens with zero attached hydrogens (tertiary/aromatic N) is 2. The van der Waals surface area contributed by atoms with Crippen molar-refractivity contribution in [3.8, 4) is 11.5 Å². The van der Waals surface area contributed by atoms with Crippen LogP contribution in [0.5, 0.6) is 11.5 Å². The van der Waals surface area contributed by atoms with E-state index in [1.807, 2.05) is 11.0 Å². The van der Waals surface area contributed by atoms with Crippen LogP contribution in [0.3, 0.4) is 0 Å². The zero-order valence-corrected chi connectivity index (χ0v) is 16.4. The molecule has 0 atom stereocenters. The molecule has 0 bridgehead atoms. The highest BCUT2D eigenvalue weighted by Crippen LogP contribution is 2.30. The quantitative estimate of drug-likeness (QED) is 0.837. The number of carbonyl (C=O) groups excluding carboxylic acids is 1. The van der Waals surface area contributed by atoms with Crippen molar-refractivity contribution in [2.75, 3.05) is 45.7 Å². The maximum absolute atomic E-state index is 12.5. The third kappa shape index (κ3) is 4.60. The summed E-state index contributed by atoms with van der Waals surface area (Å²) in [6, 6.07) is 9.22. The molecule has 0 unspecified atom stereocenters. The second-order valence-electron chi connectivity index (χ2n) is 5.97. The Balaban J connectivity index is 1.52.